The van der Waals surface area contributed by atoms with Crippen LogP contribution in [0.1, 0.15) is 51.9 Å². The number of morpholine rings is 1. The first-order chi connectivity index (χ1) is 19.3. The largest absolute Gasteiger partial charge is 0.465 e. The third-order valence-electron chi connectivity index (χ3n) is 9.09. The quantitative estimate of drug-likeness (QED) is 0.170. The lowest BCUT2D eigenvalue weighted by atomic mass is 9.66. The Morgan fingerprint density at radius 2 is 1.90 bits per heavy atom. The summed E-state index contributed by atoms with van der Waals surface area (Å²) in [4.78, 5) is 48.1. The molecule has 4 saturated heterocycles. The van der Waals surface area contributed by atoms with Gasteiger partial charge in [0, 0.05) is 50.6 Å². The van der Waals surface area contributed by atoms with Gasteiger partial charge in [-0.15, -0.1) is 24.9 Å². The molecule has 5 atom stereocenters. The number of fused-ring (bicyclic) bond motifs is 1. The molecule has 0 aromatic heterocycles. The molecular weight excluding hydrogens is 530 g/mol. The molecule has 10 heteroatoms. The zero-order valence-electron chi connectivity index (χ0n) is 24.1. The number of nitrogens with zero attached hydrogens (tertiary/aromatic N) is 3. The first-order valence-corrected chi connectivity index (χ1v) is 15.7. The summed E-state index contributed by atoms with van der Waals surface area (Å²) in [6.45, 7) is 15.3. The van der Waals surface area contributed by atoms with Crippen LogP contribution in [-0.4, -0.2) is 119 Å². The topological polar surface area (TPSA) is 99.6 Å². The van der Waals surface area contributed by atoms with E-state index in [1.807, 2.05) is 4.90 Å². The molecule has 0 saturated carbocycles. The molecule has 0 aromatic carbocycles. The van der Waals surface area contributed by atoms with Gasteiger partial charge in [0.1, 0.15) is 6.04 Å². The highest BCUT2D eigenvalue weighted by molar-refractivity contribution is 8.02. The SMILES string of the molecule is C=CCCOC(=O)[C@@H]1[C@H]2C(=O)N(CCCCCCO)C(C(=O)N(CC=C)CCN3CCOCC3)C23CC[C@@]1(C)S3. The number of esters is 1. The Morgan fingerprint density at radius 1 is 1.15 bits per heavy atom. The minimum absolute atomic E-state index is 0.0446. The summed E-state index contributed by atoms with van der Waals surface area (Å²) in [6.07, 6.45) is 8.75. The Balaban J connectivity index is 1.60. The van der Waals surface area contributed by atoms with Crippen molar-refractivity contribution in [1.82, 2.24) is 14.7 Å². The second-order valence-electron chi connectivity index (χ2n) is 11.7. The maximum Gasteiger partial charge on any atom is 0.311 e. The summed E-state index contributed by atoms with van der Waals surface area (Å²) < 4.78 is 10.0. The Labute approximate surface area is 243 Å². The number of rotatable bonds is 16. The zero-order chi connectivity index (χ0) is 28.8. The van der Waals surface area contributed by atoms with Gasteiger partial charge in [0.15, 0.2) is 0 Å². The lowest BCUT2D eigenvalue weighted by Crippen LogP contribution is -2.56. The molecule has 4 fully saturated rings. The molecule has 2 amide bonds. The molecule has 0 aromatic rings. The molecule has 1 N–H and O–H groups in total. The van der Waals surface area contributed by atoms with E-state index in [1.54, 1.807) is 28.8 Å². The van der Waals surface area contributed by atoms with E-state index >= 15 is 0 Å². The van der Waals surface area contributed by atoms with Crippen molar-refractivity contribution in [3.05, 3.63) is 25.3 Å². The van der Waals surface area contributed by atoms with Crippen molar-refractivity contribution in [2.24, 2.45) is 11.8 Å². The number of hydrogen-bond donors (Lipinski definition) is 1. The van der Waals surface area contributed by atoms with E-state index in [0.717, 1.165) is 58.2 Å². The van der Waals surface area contributed by atoms with Gasteiger partial charge in [0.05, 0.1) is 36.4 Å². The monoisotopic (exact) mass is 577 g/mol. The molecule has 4 aliphatic heterocycles. The summed E-state index contributed by atoms with van der Waals surface area (Å²) in [5.41, 5.74) is 0. The third kappa shape index (κ3) is 6.15. The molecule has 2 unspecified atom stereocenters. The van der Waals surface area contributed by atoms with Crippen LogP contribution < -0.4 is 0 Å². The number of thioether (sulfide) groups is 1. The highest BCUT2D eigenvalue weighted by Gasteiger charge is 2.77. The number of amides is 2. The van der Waals surface area contributed by atoms with Crippen molar-refractivity contribution in [2.45, 2.75) is 67.4 Å². The molecule has 0 aliphatic carbocycles. The van der Waals surface area contributed by atoms with Crippen molar-refractivity contribution in [2.75, 3.05) is 65.7 Å². The molecule has 4 aliphatic rings. The maximum atomic E-state index is 14.5. The van der Waals surface area contributed by atoms with Crippen LogP contribution in [0.2, 0.25) is 0 Å². The number of hydrogen-bond acceptors (Lipinski definition) is 8. The second-order valence-corrected chi connectivity index (χ2v) is 13.6. The van der Waals surface area contributed by atoms with Crippen LogP contribution in [0, 0.1) is 11.8 Å². The summed E-state index contributed by atoms with van der Waals surface area (Å²) in [7, 11) is 0. The number of aliphatic hydroxyl groups excluding tert-OH is 1. The maximum absolute atomic E-state index is 14.5. The van der Waals surface area contributed by atoms with Crippen molar-refractivity contribution in [1.29, 1.82) is 0 Å². The van der Waals surface area contributed by atoms with Crippen LogP contribution in [0.3, 0.4) is 0 Å². The van der Waals surface area contributed by atoms with Gasteiger partial charge in [0.25, 0.3) is 0 Å². The van der Waals surface area contributed by atoms with E-state index < -0.39 is 27.4 Å². The molecule has 4 rings (SSSR count). The van der Waals surface area contributed by atoms with E-state index in [4.69, 9.17) is 14.6 Å². The Bertz CT molecular complexity index is 942. The van der Waals surface area contributed by atoms with Gasteiger partial charge in [0.2, 0.25) is 11.8 Å². The molecule has 4 heterocycles. The lowest BCUT2D eigenvalue weighted by molar-refractivity contribution is -0.155. The van der Waals surface area contributed by atoms with E-state index in [9.17, 15) is 14.4 Å². The molecule has 9 nitrogen and oxygen atoms in total. The predicted octanol–water partition coefficient (Wildman–Crippen LogP) is 2.49. The van der Waals surface area contributed by atoms with E-state index in [0.29, 0.717) is 39.3 Å². The van der Waals surface area contributed by atoms with Gasteiger partial charge in [-0.1, -0.05) is 25.0 Å². The molecule has 224 valence electrons. The third-order valence-corrected chi connectivity index (χ3v) is 11.1. The van der Waals surface area contributed by atoms with Crippen LogP contribution in [0.5, 0.6) is 0 Å². The zero-order valence-corrected chi connectivity index (χ0v) is 24.9. The minimum atomic E-state index is -0.644. The number of likely N-dealkylation sites (tertiary alicyclic amines) is 1. The summed E-state index contributed by atoms with van der Waals surface area (Å²) >= 11 is 1.68. The average Bonchev–Trinajstić information content (AvgIpc) is 3.52. The van der Waals surface area contributed by atoms with Crippen molar-refractivity contribution >= 4 is 29.5 Å². The summed E-state index contributed by atoms with van der Waals surface area (Å²) in [5.74, 6) is -1.60. The van der Waals surface area contributed by atoms with Gasteiger partial charge >= 0.3 is 5.97 Å². The molecule has 0 radical (unpaired) electrons. The van der Waals surface area contributed by atoms with Crippen LogP contribution in [-0.2, 0) is 23.9 Å². The highest BCUT2D eigenvalue weighted by Crippen LogP contribution is 2.71. The summed E-state index contributed by atoms with van der Waals surface area (Å²) in [6, 6.07) is -0.620. The predicted molar refractivity (Wildman–Crippen MR) is 156 cm³/mol. The molecule has 40 heavy (non-hydrogen) atoms. The van der Waals surface area contributed by atoms with Gasteiger partial charge in [-0.3, -0.25) is 19.3 Å². The first kappa shape index (κ1) is 31.1. The van der Waals surface area contributed by atoms with Crippen molar-refractivity contribution in [3.63, 3.8) is 0 Å². The number of carbonyl (C=O) groups excluding carboxylic acids is 3. The van der Waals surface area contributed by atoms with Crippen molar-refractivity contribution in [3.8, 4) is 0 Å². The fourth-order valence-corrected chi connectivity index (χ4v) is 9.43. The summed E-state index contributed by atoms with van der Waals surface area (Å²) in [5, 5.41) is 9.17. The van der Waals surface area contributed by atoms with Gasteiger partial charge in [-0.25, -0.2) is 0 Å². The Hall–Kier alpha value is -1.88. The van der Waals surface area contributed by atoms with E-state index in [-0.39, 0.29) is 31.0 Å². The van der Waals surface area contributed by atoms with Gasteiger partial charge in [-0.05, 0) is 39.0 Å². The number of ether oxygens (including phenoxy) is 2. The minimum Gasteiger partial charge on any atom is -0.465 e. The van der Waals surface area contributed by atoms with E-state index in [2.05, 4.69) is 25.0 Å². The lowest BCUT2D eigenvalue weighted by Gasteiger charge is -2.38. The molecule has 1 spiro atoms. The van der Waals surface area contributed by atoms with Gasteiger partial charge < -0.3 is 24.4 Å². The standard InChI is InChI=1S/C30H47N3O6S/c1-4-6-20-39-28(37)24-23-26(35)33(14-9-7-8-10-19-34)25(30(23)12-11-29(24,3)40-30)27(36)32(13-5-2)16-15-31-17-21-38-22-18-31/h4-5,23-25,34H,1-2,6-22H2,3H3/t23-,24-,25?,29+,30?/m0/s1. The second kappa shape index (κ2) is 13.9. The first-order valence-electron chi connectivity index (χ1n) is 14.9. The fraction of sp³-hybridized carbons (Fsp3) is 0.767. The average molecular weight is 578 g/mol. The normalized spacial score (nSPS) is 31.3. The van der Waals surface area contributed by atoms with Crippen LogP contribution in [0.4, 0.5) is 0 Å². The van der Waals surface area contributed by atoms with Crippen molar-refractivity contribution < 1.29 is 29.0 Å². The molecule has 2 bridgehead atoms. The fourth-order valence-electron chi connectivity index (χ4n) is 7.09. The molecular formula is C30H47N3O6S. The number of carbonyl (C=O) groups is 3. The Morgan fingerprint density at radius 3 is 2.60 bits per heavy atom. The van der Waals surface area contributed by atoms with E-state index in [1.165, 1.54) is 0 Å². The Kier molecular flexibility index (Phi) is 10.8. The van der Waals surface area contributed by atoms with Gasteiger partial charge in [-0.2, -0.15) is 0 Å². The van der Waals surface area contributed by atoms with Crippen LogP contribution in [0.25, 0.3) is 0 Å². The van der Waals surface area contributed by atoms with Crippen LogP contribution >= 0.6 is 11.8 Å². The highest BCUT2D eigenvalue weighted by atomic mass is 32.2. The smallest absolute Gasteiger partial charge is 0.311 e. The van der Waals surface area contributed by atoms with Crippen LogP contribution in [0.15, 0.2) is 25.3 Å². The number of aliphatic hydroxyl groups is 1. The number of unbranched alkanes of at least 4 members (excludes halogenated alkanes) is 3.